The second kappa shape index (κ2) is 6.30. The first-order valence-corrected chi connectivity index (χ1v) is 8.39. The summed E-state index contributed by atoms with van der Waals surface area (Å²) in [6.45, 7) is 3.51. The Kier molecular flexibility index (Phi) is 4.90. The number of rotatable bonds is 4. The summed E-state index contributed by atoms with van der Waals surface area (Å²) in [4.78, 5) is 0.187. The Hall–Kier alpha value is -0.820. The van der Waals surface area contributed by atoms with Gasteiger partial charge in [0.1, 0.15) is 0 Å². The molecule has 1 aliphatic heterocycles. The lowest BCUT2D eigenvalue weighted by molar-refractivity contribution is 0.0678. The van der Waals surface area contributed by atoms with Gasteiger partial charge in [0.05, 0.1) is 15.6 Å². The summed E-state index contributed by atoms with van der Waals surface area (Å²) in [6.07, 6.45) is 1.76. The number of hydrogen-bond acceptors (Lipinski definition) is 4. The minimum atomic E-state index is -3.56. The van der Waals surface area contributed by atoms with Crippen molar-refractivity contribution in [3.05, 3.63) is 22.7 Å². The summed E-state index contributed by atoms with van der Waals surface area (Å²) in [6, 6.07) is 2.98. The van der Waals surface area contributed by atoms with Crippen LogP contribution in [0.25, 0.3) is 0 Å². The molecule has 2 rings (SSSR count). The van der Waals surface area contributed by atoms with Gasteiger partial charge in [-0.1, -0.05) is 11.6 Å². The predicted octanol–water partition coefficient (Wildman–Crippen LogP) is 1.94. The molecule has 112 valence electrons. The molecule has 0 radical (unpaired) electrons. The molecule has 1 aromatic carbocycles. The van der Waals surface area contributed by atoms with Crippen LogP contribution < -0.4 is 10.5 Å². The van der Waals surface area contributed by atoms with E-state index in [-0.39, 0.29) is 10.6 Å². The second-order valence-corrected chi connectivity index (χ2v) is 7.19. The Balaban J connectivity index is 2.11. The van der Waals surface area contributed by atoms with Crippen molar-refractivity contribution in [2.24, 2.45) is 5.92 Å². The molecule has 0 aromatic heterocycles. The van der Waals surface area contributed by atoms with E-state index in [0.717, 1.165) is 12.8 Å². The quantitative estimate of drug-likeness (QED) is 0.831. The van der Waals surface area contributed by atoms with E-state index in [2.05, 4.69) is 4.72 Å². The summed E-state index contributed by atoms with van der Waals surface area (Å²) in [7, 11) is -3.56. The van der Waals surface area contributed by atoms with Crippen LogP contribution in [0.1, 0.15) is 18.4 Å². The lowest BCUT2D eigenvalue weighted by atomic mass is 10.0. The maximum atomic E-state index is 12.3. The Morgan fingerprint density at radius 2 is 2.05 bits per heavy atom. The van der Waals surface area contributed by atoms with Crippen LogP contribution in [0.5, 0.6) is 0 Å². The third kappa shape index (κ3) is 3.63. The minimum absolute atomic E-state index is 0.187. The number of nitrogen functional groups attached to an aromatic ring is 1. The highest BCUT2D eigenvalue weighted by molar-refractivity contribution is 7.89. The van der Waals surface area contributed by atoms with Crippen molar-refractivity contribution in [2.75, 3.05) is 25.5 Å². The van der Waals surface area contributed by atoms with Crippen molar-refractivity contribution in [3.63, 3.8) is 0 Å². The van der Waals surface area contributed by atoms with Crippen molar-refractivity contribution >= 4 is 27.3 Å². The molecule has 0 saturated carbocycles. The van der Waals surface area contributed by atoms with Crippen molar-refractivity contribution in [2.45, 2.75) is 24.7 Å². The number of anilines is 1. The zero-order valence-corrected chi connectivity index (χ0v) is 12.9. The fraction of sp³-hybridized carbons (Fsp3) is 0.538. The Morgan fingerprint density at radius 3 is 2.70 bits per heavy atom. The van der Waals surface area contributed by atoms with E-state index in [4.69, 9.17) is 22.1 Å². The second-order valence-electron chi connectivity index (χ2n) is 5.05. The molecule has 0 atom stereocenters. The van der Waals surface area contributed by atoms with E-state index < -0.39 is 10.0 Å². The van der Waals surface area contributed by atoms with E-state index in [1.165, 1.54) is 6.07 Å². The van der Waals surface area contributed by atoms with Crippen LogP contribution in [-0.4, -0.2) is 28.2 Å². The average molecular weight is 319 g/mol. The Morgan fingerprint density at radius 1 is 1.40 bits per heavy atom. The first-order valence-electron chi connectivity index (χ1n) is 6.53. The smallest absolute Gasteiger partial charge is 0.240 e. The fourth-order valence-electron chi connectivity index (χ4n) is 2.21. The van der Waals surface area contributed by atoms with Crippen LogP contribution in [0.15, 0.2) is 17.0 Å². The van der Waals surface area contributed by atoms with Gasteiger partial charge >= 0.3 is 0 Å². The molecular weight excluding hydrogens is 300 g/mol. The number of aryl methyl sites for hydroxylation is 1. The predicted molar refractivity (Wildman–Crippen MR) is 79.3 cm³/mol. The standard InChI is InChI=1S/C13H19ClN2O3S/c1-9-6-11(14)12(15)7-13(9)20(17,18)16-8-10-2-4-19-5-3-10/h6-7,10,16H,2-5,8,15H2,1H3. The molecule has 5 nitrogen and oxygen atoms in total. The van der Waals surface area contributed by atoms with Crippen molar-refractivity contribution in [1.82, 2.24) is 4.72 Å². The molecule has 0 unspecified atom stereocenters. The maximum Gasteiger partial charge on any atom is 0.240 e. The molecule has 1 fully saturated rings. The van der Waals surface area contributed by atoms with Crippen molar-refractivity contribution < 1.29 is 13.2 Å². The molecule has 0 bridgehead atoms. The van der Waals surface area contributed by atoms with Gasteiger partial charge in [-0.15, -0.1) is 0 Å². The zero-order valence-electron chi connectivity index (χ0n) is 11.4. The molecule has 0 amide bonds. The number of nitrogens with two attached hydrogens (primary N) is 1. The number of nitrogens with one attached hydrogen (secondary N) is 1. The van der Waals surface area contributed by atoms with Crippen LogP contribution in [0.2, 0.25) is 5.02 Å². The topological polar surface area (TPSA) is 81.4 Å². The number of ether oxygens (including phenoxy) is 1. The molecule has 0 spiro atoms. The lowest BCUT2D eigenvalue weighted by Gasteiger charge is -2.22. The van der Waals surface area contributed by atoms with Crippen LogP contribution in [-0.2, 0) is 14.8 Å². The molecular formula is C13H19ClN2O3S. The summed E-state index contributed by atoms with van der Waals surface area (Å²) < 4.78 is 32.5. The third-order valence-corrected chi connectivity index (χ3v) is 5.38. The van der Waals surface area contributed by atoms with Gasteiger partial charge in [-0.05, 0) is 43.4 Å². The van der Waals surface area contributed by atoms with Crippen LogP contribution in [0.3, 0.4) is 0 Å². The third-order valence-electron chi connectivity index (χ3n) is 3.49. The summed E-state index contributed by atoms with van der Waals surface area (Å²) in [5, 5.41) is 0.367. The van der Waals surface area contributed by atoms with E-state index in [9.17, 15) is 8.42 Å². The van der Waals surface area contributed by atoms with Gasteiger partial charge in [-0.25, -0.2) is 13.1 Å². The summed E-state index contributed by atoms with van der Waals surface area (Å²) in [5.74, 6) is 0.323. The zero-order chi connectivity index (χ0) is 14.8. The maximum absolute atomic E-state index is 12.3. The van der Waals surface area contributed by atoms with Crippen molar-refractivity contribution in [1.29, 1.82) is 0 Å². The molecule has 1 aromatic rings. The van der Waals surface area contributed by atoms with Crippen LogP contribution in [0, 0.1) is 12.8 Å². The van der Waals surface area contributed by atoms with Gasteiger partial charge in [-0.3, -0.25) is 0 Å². The largest absolute Gasteiger partial charge is 0.397 e. The summed E-state index contributed by atoms with van der Waals surface area (Å²) in [5.41, 5.74) is 6.54. The van der Waals surface area contributed by atoms with E-state index in [1.54, 1.807) is 13.0 Å². The van der Waals surface area contributed by atoms with Gasteiger partial charge in [0, 0.05) is 19.8 Å². The minimum Gasteiger partial charge on any atom is -0.397 e. The van der Waals surface area contributed by atoms with Gasteiger partial charge in [0.2, 0.25) is 10.0 Å². The monoisotopic (exact) mass is 318 g/mol. The molecule has 3 N–H and O–H groups in total. The van der Waals surface area contributed by atoms with Crippen molar-refractivity contribution in [3.8, 4) is 0 Å². The number of halogens is 1. The number of sulfonamides is 1. The molecule has 1 saturated heterocycles. The fourth-order valence-corrected chi connectivity index (χ4v) is 3.81. The Bertz CT molecular complexity index is 584. The number of benzene rings is 1. The molecule has 0 aliphatic carbocycles. The first kappa shape index (κ1) is 15.6. The molecule has 7 heteroatoms. The normalized spacial score (nSPS) is 17.3. The van der Waals surface area contributed by atoms with Gasteiger partial charge in [0.15, 0.2) is 0 Å². The molecule has 1 aliphatic rings. The summed E-state index contributed by atoms with van der Waals surface area (Å²) >= 11 is 5.88. The highest BCUT2D eigenvalue weighted by Gasteiger charge is 2.21. The van der Waals surface area contributed by atoms with E-state index >= 15 is 0 Å². The first-order chi connectivity index (χ1) is 9.40. The average Bonchev–Trinajstić information content (AvgIpc) is 2.42. The Labute approximate surface area is 124 Å². The highest BCUT2D eigenvalue weighted by atomic mass is 35.5. The van der Waals surface area contributed by atoms with Crippen LogP contribution in [0.4, 0.5) is 5.69 Å². The van der Waals surface area contributed by atoms with Gasteiger partial charge < -0.3 is 10.5 Å². The number of hydrogen-bond donors (Lipinski definition) is 2. The van der Waals surface area contributed by atoms with Gasteiger partial charge in [0.25, 0.3) is 0 Å². The van der Waals surface area contributed by atoms with Crippen LogP contribution >= 0.6 is 11.6 Å². The highest BCUT2D eigenvalue weighted by Crippen LogP contribution is 2.26. The lowest BCUT2D eigenvalue weighted by Crippen LogP contribution is -2.32. The van der Waals surface area contributed by atoms with Gasteiger partial charge in [-0.2, -0.15) is 0 Å². The van der Waals surface area contributed by atoms with E-state index in [0.29, 0.717) is 36.3 Å². The van der Waals surface area contributed by atoms with E-state index in [1.807, 2.05) is 0 Å². The molecule has 20 heavy (non-hydrogen) atoms. The SMILES string of the molecule is Cc1cc(Cl)c(N)cc1S(=O)(=O)NCC1CCOCC1. The molecule has 1 heterocycles.